The third-order valence-electron chi connectivity index (χ3n) is 2.93. The number of nitro groups is 1. The van der Waals surface area contributed by atoms with E-state index in [1.54, 1.807) is 6.07 Å². The van der Waals surface area contributed by atoms with Crippen LogP contribution in [-0.2, 0) is 11.2 Å². The number of carbonyl (C=O) groups excluding carboxylic acids is 2. The van der Waals surface area contributed by atoms with Crippen molar-refractivity contribution in [3.63, 3.8) is 0 Å². The van der Waals surface area contributed by atoms with E-state index in [1.807, 2.05) is 13.0 Å². The van der Waals surface area contributed by atoms with Crippen molar-refractivity contribution >= 4 is 28.8 Å². The van der Waals surface area contributed by atoms with Crippen LogP contribution in [0, 0.1) is 10.1 Å². The van der Waals surface area contributed by atoms with E-state index in [2.05, 4.69) is 0 Å². The Morgan fingerprint density at radius 2 is 1.86 bits per heavy atom. The number of Topliss-reactive ketones (excluding diaryl/α,β-unsaturated/α-hetero) is 1. The molecule has 114 valence electrons. The highest BCUT2D eigenvalue weighted by Gasteiger charge is 2.14. The summed E-state index contributed by atoms with van der Waals surface area (Å²) in [5.41, 5.74) is 0.0529. The van der Waals surface area contributed by atoms with Gasteiger partial charge in [-0.25, -0.2) is 4.79 Å². The number of ether oxygens (including phenoxy) is 1. The summed E-state index contributed by atoms with van der Waals surface area (Å²) in [5, 5.41) is 10.5. The number of hydrogen-bond acceptors (Lipinski definition) is 6. The van der Waals surface area contributed by atoms with Crippen molar-refractivity contribution in [2.75, 3.05) is 6.61 Å². The molecule has 1 aromatic carbocycles. The molecule has 0 spiro atoms. The maximum Gasteiger partial charge on any atom is 0.338 e. The fourth-order valence-electron chi connectivity index (χ4n) is 1.72. The molecule has 1 heterocycles. The van der Waals surface area contributed by atoms with Crippen LogP contribution in [0.1, 0.15) is 31.8 Å². The van der Waals surface area contributed by atoms with Gasteiger partial charge in [-0.3, -0.25) is 14.9 Å². The minimum Gasteiger partial charge on any atom is -0.454 e. The van der Waals surface area contributed by atoms with Gasteiger partial charge in [0.05, 0.1) is 15.4 Å². The van der Waals surface area contributed by atoms with Crippen molar-refractivity contribution in [1.29, 1.82) is 0 Å². The minimum absolute atomic E-state index is 0.113. The quantitative estimate of drug-likeness (QED) is 0.353. The first-order valence-corrected chi connectivity index (χ1v) is 7.36. The molecule has 0 bridgehead atoms. The van der Waals surface area contributed by atoms with Crippen LogP contribution in [0.2, 0.25) is 0 Å². The van der Waals surface area contributed by atoms with Crippen LogP contribution < -0.4 is 0 Å². The molecule has 2 aromatic rings. The van der Waals surface area contributed by atoms with Crippen LogP contribution in [0.25, 0.3) is 0 Å². The van der Waals surface area contributed by atoms with Gasteiger partial charge in [0.1, 0.15) is 0 Å². The predicted octanol–water partition coefficient (Wildman–Crippen LogP) is 3.26. The molecule has 0 fully saturated rings. The molecule has 6 nitrogen and oxygen atoms in total. The molecule has 0 radical (unpaired) electrons. The van der Waals surface area contributed by atoms with Gasteiger partial charge in [-0.2, -0.15) is 0 Å². The first-order valence-electron chi connectivity index (χ1n) is 6.54. The van der Waals surface area contributed by atoms with Gasteiger partial charge in [-0.05, 0) is 30.7 Å². The Hall–Kier alpha value is -2.54. The first-order chi connectivity index (χ1) is 10.5. The number of nitrogens with zero attached hydrogens (tertiary/aromatic N) is 1. The van der Waals surface area contributed by atoms with Gasteiger partial charge in [-0.15, -0.1) is 11.3 Å². The third kappa shape index (κ3) is 3.76. The maximum atomic E-state index is 11.9. The number of aryl methyl sites for hydroxylation is 1. The molecule has 0 aliphatic rings. The number of ketones is 1. The number of non-ortho nitro benzene ring substituents is 1. The Kier molecular flexibility index (Phi) is 5.00. The van der Waals surface area contributed by atoms with Crippen molar-refractivity contribution in [1.82, 2.24) is 0 Å². The molecule has 0 unspecified atom stereocenters. The zero-order chi connectivity index (χ0) is 16.1. The maximum absolute atomic E-state index is 11.9. The molecule has 0 atom stereocenters. The summed E-state index contributed by atoms with van der Waals surface area (Å²) in [6.07, 6.45) is 0.848. The Morgan fingerprint density at radius 3 is 2.41 bits per heavy atom. The topological polar surface area (TPSA) is 86.5 Å². The largest absolute Gasteiger partial charge is 0.454 e. The molecule has 0 aliphatic heterocycles. The van der Waals surface area contributed by atoms with Crippen LogP contribution in [-0.4, -0.2) is 23.3 Å². The standard InChI is InChI=1S/C15H13NO5S/c1-2-12-7-8-14(22-12)13(17)9-21-15(18)10-3-5-11(6-4-10)16(19)20/h3-8H,2,9H2,1H3. The van der Waals surface area contributed by atoms with E-state index in [1.165, 1.54) is 35.6 Å². The number of benzene rings is 1. The van der Waals surface area contributed by atoms with Crippen LogP contribution in [0.15, 0.2) is 36.4 Å². The molecule has 0 saturated carbocycles. The number of esters is 1. The average Bonchev–Trinajstić information content (AvgIpc) is 3.01. The summed E-state index contributed by atoms with van der Waals surface area (Å²) >= 11 is 1.38. The van der Waals surface area contributed by atoms with Crippen molar-refractivity contribution in [2.45, 2.75) is 13.3 Å². The fourth-order valence-corrected chi connectivity index (χ4v) is 2.59. The number of carbonyl (C=O) groups is 2. The van der Waals surface area contributed by atoms with E-state index in [4.69, 9.17) is 4.74 Å². The molecule has 0 aliphatic carbocycles. The van der Waals surface area contributed by atoms with E-state index in [-0.39, 0.29) is 23.6 Å². The second-order valence-corrected chi connectivity index (χ2v) is 5.59. The highest BCUT2D eigenvalue weighted by atomic mass is 32.1. The molecular formula is C15H13NO5S. The number of rotatable bonds is 6. The van der Waals surface area contributed by atoms with Gasteiger partial charge in [-0.1, -0.05) is 6.92 Å². The predicted molar refractivity (Wildman–Crippen MR) is 81.4 cm³/mol. The van der Waals surface area contributed by atoms with E-state index in [9.17, 15) is 19.7 Å². The van der Waals surface area contributed by atoms with E-state index in [0.29, 0.717) is 4.88 Å². The Morgan fingerprint density at radius 1 is 1.18 bits per heavy atom. The lowest BCUT2D eigenvalue weighted by Gasteiger charge is -2.03. The molecule has 0 N–H and O–H groups in total. The van der Waals surface area contributed by atoms with E-state index < -0.39 is 10.9 Å². The number of nitro benzene ring substituents is 1. The zero-order valence-electron chi connectivity index (χ0n) is 11.8. The Labute approximate surface area is 130 Å². The highest BCUT2D eigenvalue weighted by Crippen LogP contribution is 2.18. The van der Waals surface area contributed by atoms with Crippen LogP contribution in [0.5, 0.6) is 0 Å². The van der Waals surface area contributed by atoms with Crippen LogP contribution >= 0.6 is 11.3 Å². The molecular weight excluding hydrogens is 306 g/mol. The molecule has 2 rings (SSSR count). The molecule has 0 amide bonds. The highest BCUT2D eigenvalue weighted by molar-refractivity contribution is 7.14. The van der Waals surface area contributed by atoms with Crippen molar-refractivity contribution in [2.24, 2.45) is 0 Å². The van der Waals surface area contributed by atoms with Crippen molar-refractivity contribution < 1.29 is 19.2 Å². The molecule has 1 aromatic heterocycles. The van der Waals surface area contributed by atoms with Crippen LogP contribution in [0.3, 0.4) is 0 Å². The molecule has 22 heavy (non-hydrogen) atoms. The third-order valence-corrected chi connectivity index (χ3v) is 4.20. The number of hydrogen-bond donors (Lipinski definition) is 0. The zero-order valence-corrected chi connectivity index (χ0v) is 12.6. The lowest BCUT2D eigenvalue weighted by Crippen LogP contribution is -2.13. The summed E-state index contributed by atoms with van der Waals surface area (Å²) in [6, 6.07) is 8.61. The van der Waals surface area contributed by atoms with Gasteiger partial charge < -0.3 is 4.74 Å². The summed E-state index contributed by atoms with van der Waals surface area (Å²) in [6.45, 7) is 1.65. The summed E-state index contributed by atoms with van der Waals surface area (Å²) < 4.78 is 4.94. The normalized spacial score (nSPS) is 10.2. The lowest BCUT2D eigenvalue weighted by molar-refractivity contribution is -0.384. The van der Waals surface area contributed by atoms with Gasteiger partial charge in [0.2, 0.25) is 5.78 Å². The second-order valence-electron chi connectivity index (χ2n) is 4.42. The fraction of sp³-hybridized carbons (Fsp3) is 0.200. The Bertz CT molecular complexity index is 705. The molecule has 7 heteroatoms. The average molecular weight is 319 g/mol. The van der Waals surface area contributed by atoms with Gasteiger partial charge >= 0.3 is 5.97 Å². The van der Waals surface area contributed by atoms with Gasteiger partial charge in [0.25, 0.3) is 5.69 Å². The van der Waals surface area contributed by atoms with Gasteiger partial charge in [0.15, 0.2) is 6.61 Å². The van der Waals surface area contributed by atoms with Crippen molar-refractivity contribution in [3.8, 4) is 0 Å². The second kappa shape index (κ2) is 6.95. The minimum atomic E-state index is -0.685. The van der Waals surface area contributed by atoms with Crippen LogP contribution in [0.4, 0.5) is 5.69 Å². The Balaban J connectivity index is 1.94. The van der Waals surface area contributed by atoms with Crippen molar-refractivity contribution in [3.05, 3.63) is 61.8 Å². The summed E-state index contributed by atoms with van der Waals surface area (Å²) in [4.78, 5) is 35.3. The smallest absolute Gasteiger partial charge is 0.338 e. The number of thiophene rings is 1. The summed E-state index contributed by atoms with van der Waals surface area (Å²) in [5.74, 6) is -0.949. The monoisotopic (exact) mass is 319 g/mol. The van der Waals surface area contributed by atoms with E-state index in [0.717, 1.165) is 11.3 Å². The van der Waals surface area contributed by atoms with Gasteiger partial charge in [0, 0.05) is 17.0 Å². The first kappa shape index (κ1) is 15.8. The van der Waals surface area contributed by atoms with E-state index >= 15 is 0 Å². The summed E-state index contributed by atoms with van der Waals surface area (Å²) in [7, 11) is 0. The SMILES string of the molecule is CCc1ccc(C(=O)COC(=O)c2ccc([N+](=O)[O-])cc2)s1. The lowest BCUT2D eigenvalue weighted by atomic mass is 10.2. The molecule has 0 saturated heterocycles.